The van der Waals surface area contributed by atoms with Crippen molar-refractivity contribution in [3.63, 3.8) is 0 Å². The van der Waals surface area contributed by atoms with Crippen LogP contribution in [0.25, 0.3) is 0 Å². The number of carbonyl (C=O) groups is 2. The lowest BCUT2D eigenvalue weighted by Crippen LogP contribution is -2.56. The number of hydrogen-bond donors (Lipinski definition) is 1. The van der Waals surface area contributed by atoms with E-state index >= 15 is 0 Å². The van der Waals surface area contributed by atoms with Gasteiger partial charge >= 0.3 is 6.18 Å². The van der Waals surface area contributed by atoms with Crippen LogP contribution < -0.4 is 5.32 Å². The molecule has 4 atom stereocenters. The summed E-state index contributed by atoms with van der Waals surface area (Å²) < 4.78 is 66.6. The Labute approximate surface area is 246 Å². The predicted molar refractivity (Wildman–Crippen MR) is 155 cm³/mol. The van der Waals surface area contributed by atoms with E-state index < -0.39 is 33.5 Å². The van der Waals surface area contributed by atoms with Gasteiger partial charge in [0.05, 0.1) is 16.2 Å². The van der Waals surface area contributed by atoms with Crippen LogP contribution in [0.15, 0.2) is 59.5 Å². The molecule has 2 fully saturated rings. The number of halogens is 3. The Morgan fingerprint density at radius 1 is 1.05 bits per heavy atom. The molecular formula is C31H40F3N3O4S. The van der Waals surface area contributed by atoms with Gasteiger partial charge in [0.1, 0.15) is 6.04 Å². The third-order valence-corrected chi connectivity index (χ3v) is 10.6. The molecule has 0 radical (unpaired) electrons. The molecule has 2 aliphatic rings. The molecule has 7 nitrogen and oxygen atoms in total. The fourth-order valence-corrected chi connectivity index (χ4v) is 7.90. The number of rotatable bonds is 8. The third-order valence-electron chi connectivity index (χ3n) is 8.72. The first-order chi connectivity index (χ1) is 19.8. The number of nitrogens with zero attached hydrogens (tertiary/aromatic N) is 2. The van der Waals surface area contributed by atoms with Crippen LogP contribution in [0.1, 0.15) is 68.3 Å². The zero-order valence-electron chi connectivity index (χ0n) is 24.3. The van der Waals surface area contributed by atoms with Crippen molar-refractivity contribution in [2.45, 2.75) is 87.6 Å². The lowest BCUT2D eigenvalue weighted by molar-refractivity contribution is -0.138. The number of alkyl halides is 3. The highest BCUT2D eigenvalue weighted by molar-refractivity contribution is 7.91. The van der Waals surface area contributed by atoms with Gasteiger partial charge < -0.3 is 15.1 Å². The van der Waals surface area contributed by atoms with Gasteiger partial charge in [0.15, 0.2) is 9.84 Å². The lowest BCUT2D eigenvalue weighted by Gasteiger charge is -2.45. The quantitative estimate of drug-likeness (QED) is 0.448. The second-order valence-electron chi connectivity index (χ2n) is 11.8. The first-order valence-electron chi connectivity index (χ1n) is 14.6. The topological polar surface area (TPSA) is 86.8 Å². The maximum absolute atomic E-state index is 13.9. The van der Waals surface area contributed by atoms with E-state index in [1.807, 2.05) is 7.05 Å². The number of hydrogen-bond acceptors (Lipinski definition) is 5. The first kappa shape index (κ1) is 32.0. The van der Waals surface area contributed by atoms with Gasteiger partial charge in [-0.15, -0.1) is 0 Å². The lowest BCUT2D eigenvalue weighted by atomic mass is 9.80. The second-order valence-corrected chi connectivity index (χ2v) is 13.8. The van der Waals surface area contributed by atoms with Crippen LogP contribution in [-0.2, 0) is 20.8 Å². The average molecular weight is 608 g/mol. The summed E-state index contributed by atoms with van der Waals surface area (Å²) in [4.78, 5) is 31.1. The predicted octanol–water partition coefficient (Wildman–Crippen LogP) is 5.17. The van der Waals surface area contributed by atoms with E-state index in [1.54, 1.807) is 35.2 Å². The number of nitrogens with one attached hydrogen (secondary N) is 1. The van der Waals surface area contributed by atoms with Gasteiger partial charge in [0, 0.05) is 30.2 Å². The number of sulfone groups is 1. The van der Waals surface area contributed by atoms with Crippen LogP contribution in [-0.4, -0.2) is 73.5 Å². The third kappa shape index (κ3) is 7.53. The molecule has 230 valence electrons. The van der Waals surface area contributed by atoms with Gasteiger partial charge in [0.25, 0.3) is 5.91 Å². The van der Waals surface area contributed by atoms with Crippen molar-refractivity contribution in [3.05, 3.63) is 65.7 Å². The minimum atomic E-state index is -4.59. The smallest absolute Gasteiger partial charge is 0.340 e. The Kier molecular flexibility index (Phi) is 10.0. The van der Waals surface area contributed by atoms with Gasteiger partial charge in [-0.05, 0) is 95.7 Å². The number of benzene rings is 2. The summed E-state index contributed by atoms with van der Waals surface area (Å²) in [6, 6.07) is 11.6. The SMILES string of the molecule is CC(C)N(C)[C@@H]1CC[C@H](N2CCCC[C@H](NC(=O)c3cccc(C(F)(F)F)c3)C2=O)[C@@H](CS(=O)(=O)c2ccccc2)C1. The van der Waals surface area contributed by atoms with Gasteiger partial charge in [-0.2, -0.15) is 13.2 Å². The number of likely N-dealkylation sites (tertiary alicyclic amines) is 1. The zero-order chi connectivity index (χ0) is 30.7. The van der Waals surface area contributed by atoms with Crippen molar-refractivity contribution in [2.75, 3.05) is 19.3 Å². The number of carbonyl (C=O) groups excluding carboxylic acids is 2. The molecule has 1 aliphatic carbocycles. The number of amides is 2. The molecule has 4 rings (SSSR count). The van der Waals surface area contributed by atoms with Crippen molar-refractivity contribution in [1.29, 1.82) is 0 Å². The Bertz CT molecular complexity index is 1350. The van der Waals surface area contributed by atoms with E-state index in [2.05, 4.69) is 24.1 Å². The van der Waals surface area contributed by atoms with Crippen molar-refractivity contribution < 1.29 is 31.2 Å². The maximum atomic E-state index is 13.9. The highest BCUT2D eigenvalue weighted by Gasteiger charge is 2.42. The summed E-state index contributed by atoms with van der Waals surface area (Å²) in [6.45, 7) is 4.63. The average Bonchev–Trinajstić information content (AvgIpc) is 3.13. The molecule has 42 heavy (non-hydrogen) atoms. The molecule has 1 aliphatic heterocycles. The van der Waals surface area contributed by atoms with Crippen LogP contribution in [0.4, 0.5) is 13.2 Å². The van der Waals surface area contributed by atoms with E-state index in [0.29, 0.717) is 38.6 Å². The molecule has 2 amide bonds. The molecule has 1 heterocycles. The summed E-state index contributed by atoms with van der Waals surface area (Å²) >= 11 is 0. The minimum Gasteiger partial charge on any atom is -0.340 e. The molecule has 0 spiro atoms. The molecule has 1 N–H and O–H groups in total. The molecular weight excluding hydrogens is 567 g/mol. The molecule has 1 saturated carbocycles. The molecule has 0 bridgehead atoms. The normalized spacial score (nSPS) is 24.1. The van der Waals surface area contributed by atoms with E-state index in [4.69, 9.17) is 0 Å². The molecule has 1 saturated heterocycles. The molecule has 2 aromatic carbocycles. The van der Waals surface area contributed by atoms with Crippen LogP contribution in [0.2, 0.25) is 0 Å². The molecule has 11 heteroatoms. The Morgan fingerprint density at radius 3 is 2.43 bits per heavy atom. The fraction of sp³-hybridized carbons (Fsp3) is 0.548. The summed E-state index contributed by atoms with van der Waals surface area (Å²) in [5.74, 6) is -1.48. The standard InChI is InChI=1S/C31H40F3N3O4S/c1-21(2)36(3)25-15-16-28(23(19-25)20-42(40,41)26-12-5-4-6-13-26)37-17-8-7-14-27(30(37)39)35-29(38)22-10-9-11-24(18-22)31(32,33)34/h4-6,9-13,18,21,23,25,27-28H,7-8,14-17,19-20H2,1-3H3,(H,35,38)/t23-,25-,27+,28+/m1/s1. The molecule has 2 aromatic rings. The minimum absolute atomic E-state index is 0.102. The highest BCUT2D eigenvalue weighted by Crippen LogP contribution is 2.35. The zero-order valence-corrected chi connectivity index (χ0v) is 25.1. The highest BCUT2D eigenvalue weighted by atomic mass is 32.2. The van der Waals surface area contributed by atoms with Gasteiger partial charge in [0.2, 0.25) is 5.91 Å². The second kappa shape index (κ2) is 13.2. The van der Waals surface area contributed by atoms with E-state index in [9.17, 15) is 31.2 Å². The van der Waals surface area contributed by atoms with Crippen molar-refractivity contribution >= 4 is 21.7 Å². The van der Waals surface area contributed by atoms with Crippen LogP contribution in [0, 0.1) is 5.92 Å². The Morgan fingerprint density at radius 2 is 1.76 bits per heavy atom. The maximum Gasteiger partial charge on any atom is 0.416 e. The fourth-order valence-electron chi connectivity index (χ4n) is 6.22. The van der Waals surface area contributed by atoms with Crippen molar-refractivity contribution in [1.82, 2.24) is 15.1 Å². The van der Waals surface area contributed by atoms with Crippen LogP contribution >= 0.6 is 0 Å². The largest absolute Gasteiger partial charge is 0.416 e. The summed E-state index contributed by atoms with van der Waals surface area (Å²) in [5, 5.41) is 2.68. The summed E-state index contributed by atoms with van der Waals surface area (Å²) in [7, 11) is -1.59. The van der Waals surface area contributed by atoms with Gasteiger partial charge in [-0.25, -0.2) is 8.42 Å². The monoisotopic (exact) mass is 607 g/mol. The summed E-state index contributed by atoms with van der Waals surface area (Å²) in [6.07, 6.45) is -0.874. The Hall–Kier alpha value is -2.92. The van der Waals surface area contributed by atoms with Crippen molar-refractivity contribution in [3.8, 4) is 0 Å². The van der Waals surface area contributed by atoms with Gasteiger partial charge in [-0.3, -0.25) is 9.59 Å². The van der Waals surface area contributed by atoms with E-state index in [-0.39, 0.29) is 46.2 Å². The van der Waals surface area contributed by atoms with Gasteiger partial charge in [-0.1, -0.05) is 24.3 Å². The van der Waals surface area contributed by atoms with Crippen molar-refractivity contribution in [2.24, 2.45) is 5.92 Å². The first-order valence-corrected chi connectivity index (χ1v) is 16.2. The van der Waals surface area contributed by atoms with Crippen LogP contribution in [0.3, 0.4) is 0 Å². The summed E-state index contributed by atoms with van der Waals surface area (Å²) in [5.41, 5.74) is -1.10. The molecule has 0 aromatic heterocycles. The Balaban J connectivity index is 1.57. The van der Waals surface area contributed by atoms with E-state index in [1.165, 1.54) is 12.1 Å². The van der Waals surface area contributed by atoms with E-state index in [0.717, 1.165) is 18.6 Å². The van der Waals surface area contributed by atoms with Crippen LogP contribution in [0.5, 0.6) is 0 Å². The molecule has 0 unspecified atom stereocenters.